The van der Waals surface area contributed by atoms with Crippen molar-refractivity contribution in [3.05, 3.63) is 0 Å². The molecule has 3 heterocycles. The van der Waals surface area contributed by atoms with E-state index < -0.39 is 0 Å². The average Bonchev–Trinajstić information content (AvgIpc) is 2.89. The lowest BCUT2D eigenvalue weighted by atomic mass is 10.0. The fraction of sp³-hybridized carbons (Fsp3) is 0.923. The number of rotatable bonds is 2. The monoisotopic (exact) mass is 253 g/mol. The molecular weight excluding hydrogens is 230 g/mol. The van der Waals surface area contributed by atoms with E-state index in [1.54, 1.807) is 0 Å². The van der Waals surface area contributed by atoms with Crippen molar-refractivity contribution in [3.8, 4) is 0 Å². The summed E-state index contributed by atoms with van der Waals surface area (Å²) in [4.78, 5) is 16.5. The van der Waals surface area contributed by atoms with Crippen LogP contribution in [0.15, 0.2) is 0 Å². The predicted molar refractivity (Wildman–Crippen MR) is 68.3 cm³/mol. The van der Waals surface area contributed by atoms with Gasteiger partial charge in [-0.15, -0.1) is 0 Å². The lowest BCUT2D eigenvalue weighted by Crippen LogP contribution is -2.48. The van der Waals surface area contributed by atoms with Crippen molar-refractivity contribution in [2.24, 2.45) is 11.8 Å². The highest BCUT2D eigenvalue weighted by molar-refractivity contribution is 5.78. The van der Waals surface area contributed by atoms with Crippen molar-refractivity contribution in [3.63, 3.8) is 0 Å². The fourth-order valence-electron chi connectivity index (χ4n) is 3.42. The summed E-state index contributed by atoms with van der Waals surface area (Å²) >= 11 is 0. The molecule has 0 aromatic heterocycles. The first-order chi connectivity index (χ1) is 8.72. The number of ether oxygens (including phenoxy) is 1. The maximum atomic E-state index is 12.2. The van der Waals surface area contributed by atoms with E-state index >= 15 is 0 Å². The lowest BCUT2D eigenvalue weighted by molar-refractivity contribution is -0.139. The summed E-state index contributed by atoms with van der Waals surface area (Å²) in [6.45, 7) is 9.25. The Morgan fingerprint density at radius 3 is 2.67 bits per heavy atom. The highest BCUT2D eigenvalue weighted by Crippen LogP contribution is 2.26. The molecule has 0 aromatic rings. The first-order valence-electron chi connectivity index (χ1n) is 7.05. The minimum Gasteiger partial charge on any atom is -0.375 e. The van der Waals surface area contributed by atoms with Gasteiger partial charge in [-0.25, -0.2) is 0 Å². The summed E-state index contributed by atoms with van der Waals surface area (Å²) in [6, 6.07) is 0. The van der Waals surface area contributed by atoms with E-state index in [0.29, 0.717) is 13.2 Å². The zero-order valence-corrected chi connectivity index (χ0v) is 11.1. The third-order valence-electron chi connectivity index (χ3n) is 4.42. The lowest BCUT2D eigenvalue weighted by Gasteiger charge is -2.32. The van der Waals surface area contributed by atoms with Crippen LogP contribution in [0.3, 0.4) is 0 Å². The number of carbonyl (C=O) groups is 1. The molecule has 3 fully saturated rings. The van der Waals surface area contributed by atoms with Crippen molar-refractivity contribution in [2.45, 2.75) is 13.0 Å². The van der Waals surface area contributed by atoms with Crippen LogP contribution in [0.5, 0.6) is 0 Å². The summed E-state index contributed by atoms with van der Waals surface area (Å²) in [5.74, 6) is 1.81. The molecule has 0 saturated carbocycles. The molecule has 0 aliphatic carbocycles. The van der Waals surface area contributed by atoms with Gasteiger partial charge in [0.1, 0.15) is 0 Å². The van der Waals surface area contributed by atoms with Gasteiger partial charge < -0.3 is 15.0 Å². The zero-order chi connectivity index (χ0) is 12.5. The second-order valence-electron chi connectivity index (χ2n) is 5.89. The molecule has 0 spiro atoms. The molecule has 1 amide bonds. The van der Waals surface area contributed by atoms with Crippen molar-refractivity contribution in [1.29, 1.82) is 0 Å². The highest BCUT2D eigenvalue weighted by atomic mass is 16.5. The smallest absolute Gasteiger partial charge is 0.236 e. The van der Waals surface area contributed by atoms with Gasteiger partial charge >= 0.3 is 0 Å². The Morgan fingerprint density at radius 2 is 2.00 bits per heavy atom. The van der Waals surface area contributed by atoms with Gasteiger partial charge in [-0.3, -0.25) is 9.69 Å². The van der Waals surface area contributed by atoms with Crippen LogP contribution in [-0.2, 0) is 9.53 Å². The van der Waals surface area contributed by atoms with Crippen LogP contribution in [0, 0.1) is 11.8 Å². The van der Waals surface area contributed by atoms with E-state index in [-0.39, 0.29) is 12.0 Å². The number of nitrogens with one attached hydrogen (secondary N) is 1. The largest absolute Gasteiger partial charge is 0.375 e. The van der Waals surface area contributed by atoms with E-state index in [9.17, 15) is 4.79 Å². The molecule has 3 unspecified atom stereocenters. The summed E-state index contributed by atoms with van der Waals surface area (Å²) < 4.78 is 5.47. The highest BCUT2D eigenvalue weighted by Gasteiger charge is 2.37. The second-order valence-corrected chi connectivity index (χ2v) is 5.89. The molecule has 3 saturated heterocycles. The van der Waals surface area contributed by atoms with Gasteiger partial charge in [0.25, 0.3) is 0 Å². The van der Waals surface area contributed by atoms with Crippen molar-refractivity contribution in [1.82, 2.24) is 15.1 Å². The number of amides is 1. The van der Waals surface area contributed by atoms with Crippen LogP contribution in [0.4, 0.5) is 0 Å². The fourth-order valence-corrected chi connectivity index (χ4v) is 3.42. The van der Waals surface area contributed by atoms with E-state index in [1.807, 2.05) is 11.8 Å². The average molecular weight is 253 g/mol. The summed E-state index contributed by atoms with van der Waals surface area (Å²) in [6.07, 6.45) is 0.185. The van der Waals surface area contributed by atoms with Crippen LogP contribution in [-0.4, -0.2) is 74.2 Å². The molecule has 3 rings (SSSR count). The SMILES string of the molecule is CC1CN(C(=O)CN2CC3CNCC3C2)CCO1. The molecule has 5 nitrogen and oxygen atoms in total. The molecular formula is C13H23N3O2. The summed E-state index contributed by atoms with van der Waals surface area (Å²) in [7, 11) is 0. The van der Waals surface area contributed by atoms with Gasteiger partial charge in [-0.05, 0) is 31.8 Å². The van der Waals surface area contributed by atoms with Gasteiger partial charge in [-0.2, -0.15) is 0 Å². The molecule has 1 N–H and O–H groups in total. The van der Waals surface area contributed by atoms with Gasteiger partial charge in [-0.1, -0.05) is 0 Å². The molecule has 0 radical (unpaired) electrons. The number of fused-ring (bicyclic) bond motifs is 1. The quantitative estimate of drug-likeness (QED) is 0.713. The van der Waals surface area contributed by atoms with Crippen LogP contribution in [0.1, 0.15) is 6.92 Å². The van der Waals surface area contributed by atoms with Crippen molar-refractivity contribution >= 4 is 5.91 Å². The van der Waals surface area contributed by atoms with Crippen LogP contribution >= 0.6 is 0 Å². The summed E-state index contributed by atoms with van der Waals surface area (Å²) in [5.41, 5.74) is 0. The summed E-state index contributed by atoms with van der Waals surface area (Å²) in [5, 5.41) is 3.43. The Balaban J connectivity index is 1.49. The Labute approximate surface area is 108 Å². The first-order valence-corrected chi connectivity index (χ1v) is 7.05. The van der Waals surface area contributed by atoms with Gasteiger partial charge in [0.05, 0.1) is 19.3 Å². The Hall–Kier alpha value is -0.650. The molecule has 0 aromatic carbocycles. The molecule has 3 atom stereocenters. The van der Waals surface area contributed by atoms with Crippen molar-refractivity contribution < 1.29 is 9.53 Å². The van der Waals surface area contributed by atoms with Crippen LogP contribution in [0.2, 0.25) is 0 Å². The third kappa shape index (κ3) is 2.53. The molecule has 3 aliphatic rings. The normalized spacial score (nSPS) is 36.9. The third-order valence-corrected chi connectivity index (χ3v) is 4.42. The van der Waals surface area contributed by atoms with Gasteiger partial charge in [0, 0.05) is 26.2 Å². The Morgan fingerprint density at radius 1 is 1.28 bits per heavy atom. The Bertz CT molecular complexity index is 311. The molecule has 5 heteroatoms. The minimum atomic E-state index is 0.185. The molecule has 102 valence electrons. The standard InChI is InChI=1S/C13H23N3O2/c1-10-6-16(2-3-18-10)13(17)9-15-7-11-4-14-5-12(11)8-15/h10-12,14H,2-9H2,1H3. The van der Waals surface area contributed by atoms with E-state index in [1.165, 1.54) is 0 Å². The number of morpholine rings is 1. The first kappa shape index (κ1) is 12.4. The maximum Gasteiger partial charge on any atom is 0.236 e. The molecule has 18 heavy (non-hydrogen) atoms. The van der Waals surface area contributed by atoms with E-state index in [0.717, 1.165) is 51.1 Å². The van der Waals surface area contributed by atoms with E-state index in [4.69, 9.17) is 4.74 Å². The van der Waals surface area contributed by atoms with Gasteiger partial charge in [0.2, 0.25) is 5.91 Å². The Kier molecular flexibility index (Phi) is 3.54. The number of nitrogens with zero attached hydrogens (tertiary/aromatic N) is 2. The van der Waals surface area contributed by atoms with Gasteiger partial charge in [0.15, 0.2) is 0 Å². The zero-order valence-electron chi connectivity index (χ0n) is 11.1. The number of hydrogen-bond acceptors (Lipinski definition) is 4. The predicted octanol–water partition coefficient (Wildman–Crippen LogP) is -0.615. The second kappa shape index (κ2) is 5.15. The van der Waals surface area contributed by atoms with Crippen LogP contribution in [0.25, 0.3) is 0 Å². The minimum absolute atomic E-state index is 0.185. The number of carbonyl (C=O) groups excluding carboxylic acids is 1. The number of hydrogen-bond donors (Lipinski definition) is 1. The topological polar surface area (TPSA) is 44.8 Å². The van der Waals surface area contributed by atoms with Crippen molar-refractivity contribution in [2.75, 3.05) is 52.4 Å². The maximum absolute atomic E-state index is 12.2. The van der Waals surface area contributed by atoms with Crippen LogP contribution < -0.4 is 5.32 Å². The molecule has 0 bridgehead atoms. The molecule has 3 aliphatic heterocycles. The number of likely N-dealkylation sites (tertiary alicyclic amines) is 1. The van der Waals surface area contributed by atoms with E-state index in [2.05, 4.69) is 10.2 Å².